The van der Waals surface area contributed by atoms with Crippen LogP contribution in [0.1, 0.15) is 162 Å². The summed E-state index contributed by atoms with van der Waals surface area (Å²) in [5.41, 5.74) is 0. The number of allylic oxidation sites excluding steroid dienone is 21. The molecule has 0 saturated carbocycles. The normalized spacial score (nSPS) is 13.5. The van der Waals surface area contributed by atoms with Crippen molar-refractivity contribution >= 4 is 11.9 Å². The Balaban J connectivity index is 4.42. The average Bonchev–Trinajstić information content (AvgIpc) is 3.22. The quantitative estimate of drug-likeness (QED) is 0.0352. The molecule has 0 aliphatic heterocycles. The monoisotopic (exact) mass is 799 g/mol. The van der Waals surface area contributed by atoms with Gasteiger partial charge in [-0.3, -0.25) is 9.59 Å². The number of esters is 2. The van der Waals surface area contributed by atoms with Gasteiger partial charge in [-0.05, 0) is 89.9 Å². The molecule has 0 aliphatic carbocycles. The van der Waals surface area contributed by atoms with E-state index in [-0.39, 0.29) is 31.6 Å². The van der Waals surface area contributed by atoms with Crippen molar-refractivity contribution in [2.45, 2.75) is 168 Å². The third-order valence-electron chi connectivity index (χ3n) is 8.71. The van der Waals surface area contributed by atoms with Gasteiger partial charge in [0.1, 0.15) is 6.61 Å². The van der Waals surface area contributed by atoms with Crippen LogP contribution in [0.3, 0.4) is 0 Å². The van der Waals surface area contributed by atoms with E-state index < -0.39 is 6.10 Å². The van der Waals surface area contributed by atoms with Gasteiger partial charge >= 0.3 is 11.9 Å². The largest absolute Gasteiger partial charge is 0.462 e. The topological polar surface area (TPSA) is 61.8 Å². The zero-order chi connectivity index (χ0) is 42.1. The standard InChI is InChI=1S/C53H82O5/c1-4-7-10-13-16-18-20-22-24-26-27-28-29-31-33-35-38-40-43-46-52(54)57-50-51(58-53(55)47-44-41-37-15-12-9-6-3)49-56-48-45-42-39-36-34-32-30-25-23-21-19-17-14-11-8-5-2/h7-8,10-11,16-19,22-25,27-28,31-34,38-40,42,51H,4-6,9,12-15,20-21,26,29-30,35-37,41,43-50H2,1-3H3/b10-7-,11-8-,18-16-,19-17-,24-22-,25-23-,28-27-,33-31-,34-32-,40-38-,42-39-. The van der Waals surface area contributed by atoms with Crippen LogP contribution < -0.4 is 0 Å². The third kappa shape index (κ3) is 44.8. The zero-order valence-electron chi connectivity index (χ0n) is 37.0. The number of unbranched alkanes of at least 4 members (excludes halogenated alkanes) is 6. The van der Waals surface area contributed by atoms with Crippen LogP contribution in [-0.2, 0) is 23.8 Å². The Kier molecular flexibility index (Phi) is 44.2. The van der Waals surface area contributed by atoms with Gasteiger partial charge in [0.2, 0.25) is 0 Å². The van der Waals surface area contributed by atoms with Gasteiger partial charge in [-0.2, -0.15) is 0 Å². The molecule has 58 heavy (non-hydrogen) atoms. The summed E-state index contributed by atoms with van der Waals surface area (Å²) in [5, 5.41) is 0. The lowest BCUT2D eigenvalue weighted by atomic mass is 10.1. The summed E-state index contributed by atoms with van der Waals surface area (Å²) in [7, 11) is 0. The fourth-order valence-electron chi connectivity index (χ4n) is 5.42. The molecule has 0 aliphatic rings. The molecule has 5 heteroatoms. The summed E-state index contributed by atoms with van der Waals surface area (Å²) in [4.78, 5) is 25.1. The molecule has 0 aromatic rings. The maximum atomic E-state index is 12.6. The molecular weight excluding hydrogens is 717 g/mol. The Morgan fingerprint density at radius 1 is 0.397 bits per heavy atom. The van der Waals surface area contributed by atoms with Gasteiger partial charge in [0.05, 0.1) is 13.2 Å². The van der Waals surface area contributed by atoms with Gasteiger partial charge in [0, 0.05) is 12.8 Å². The van der Waals surface area contributed by atoms with Gasteiger partial charge in [-0.25, -0.2) is 0 Å². The lowest BCUT2D eigenvalue weighted by Crippen LogP contribution is -2.30. The van der Waals surface area contributed by atoms with E-state index in [0.717, 1.165) is 96.3 Å². The van der Waals surface area contributed by atoms with Gasteiger partial charge in [0.15, 0.2) is 6.10 Å². The molecule has 0 amide bonds. The summed E-state index contributed by atoms with van der Waals surface area (Å²) in [6, 6.07) is 0. The summed E-state index contributed by atoms with van der Waals surface area (Å²) in [5.74, 6) is -0.555. The minimum absolute atomic E-state index is 0.00696. The molecule has 0 N–H and O–H groups in total. The zero-order valence-corrected chi connectivity index (χ0v) is 37.0. The summed E-state index contributed by atoms with van der Waals surface area (Å²) < 4.78 is 17.1. The second-order valence-electron chi connectivity index (χ2n) is 14.2. The molecule has 0 aromatic heterocycles. The number of hydrogen-bond donors (Lipinski definition) is 0. The number of carbonyl (C=O) groups excluding carboxylic acids is 2. The molecule has 0 rings (SSSR count). The highest BCUT2D eigenvalue weighted by Crippen LogP contribution is 2.10. The summed E-state index contributed by atoms with van der Waals surface area (Å²) in [6.07, 6.45) is 67.8. The Hall–Kier alpha value is -3.96. The Bertz CT molecular complexity index is 1270. The van der Waals surface area contributed by atoms with Gasteiger partial charge in [-0.15, -0.1) is 0 Å². The summed E-state index contributed by atoms with van der Waals surface area (Å²) >= 11 is 0. The van der Waals surface area contributed by atoms with Crippen LogP contribution in [0.4, 0.5) is 0 Å². The smallest absolute Gasteiger partial charge is 0.306 e. The average molecular weight is 799 g/mol. The first-order chi connectivity index (χ1) is 28.6. The molecule has 0 spiro atoms. The second kappa shape index (κ2) is 47.4. The Morgan fingerprint density at radius 3 is 1.21 bits per heavy atom. The fourth-order valence-corrected chi connectivity index (χ4v) is 5.42. The first-order valence-corrected chi connectivity index (χ1v) is 22.7. The Morgan fingerprint density at radius 2 is 0.776 bits per heavy atom. The molecule has 0 radical (unpaired) electrons. The van der Waals surface area contributed by atoms with Crippen molar-refractivity contribution in [2.75, 3.05) is 19.8 Å². The highest BCUT2D eigenvalue weighted by atomic mass is 16.6. The summed E-state index contributed by atoms with van der Waals surface area (Å²) in [6.45, 7) is 7.23. The first kappa shape index (κ1) is 54.0. The molecular formula is C53H82O5. The maximum absolute atomic E-state index is 12.6. The third-order valence-corrected chi connectivity index (χ3v) is 8.71. The molecule has 324 valence electrons. The maximum Gasteiger partial charge on any atom is 0.306 e. The highest BCUT2D eigenvalue weighted by molar-refractivity contribution is 5.70. The van der Waals surface area contributed by atoms with Crippen LogP contribution >= 0.6 is 0 Å². The fraction of sp³-hybridized carbons (Fsp3) is 0.547. The van der Waals surface area contributed by atoms with E-state index in [1.807, 2.05) is 6.08 Å². The predicted octanol–water partition coefficient (Wildman–Crippen LogP) is 15.2. The number of carbonyl (C=O) groups is 2. The van der Waals surface area contributed by atoms with Crippen LogP contribution in [0.2, 0.25) is 0 Å². The van der Waals surface area contributed by atoms with Crippen molar-refractivity contribution in [2.24, 2.45) is 0 Å². The van der Waals surface area contributed by atoms with Crippen LogP contribution in [0, 0.1) is 0 Å². The van der Waals surface area contributed by atoms with E-state index in [1.54, 1.807) is 0 Å². The van der Waals surface area contributed by atoms with Gasteiger partial charge in [-0.1, -0.05) is 193 Å². The van der Waals surface area contributed by atoms with Crippen LogP contribution in [-0.4, -0.2) is 37.9 Å². The predicted molar refractivity (Wildman–Crippen MR) is 251 cm³/mol. The molecule has 0 bridgehead atoms. The van der Waals surface area contributed by atoms with Crippen LogP contribution in [0.25, 0.3) is 0 Å². The first-order valence-electron chi connectivity index (χ1n) is 22.7. The number of rotatable bonds is 39. The molecule has 0 heterocycles. The number of ether oxygens (including phenoxy) is 3. The van der Waals surface area contributed by atoms with E-state index in [0.29, 0.717) is 19.4 Å². The van der Waals surface area contributed by atoms with Crippen molar-refractivity contribution in [1.29, 1.82) is 0 Å². The lowest BCUT2D eigenvalue weighted by Gasteiger charge is -2.18. The second-order valence-corrected chi connectivity index (χ2v) is 14.2. The van der Waals surface area contributed by atoms with Crippen molar-refractivity contribution in [3.05, 3.63) is 134 Å². The minimum atomic E-state index is -0.611. The molecule has 0 aromatic carbocycles. The van der Waals surface area contributed by atoms with E-state index >= 15 is 0 Å². The molecule has 5 nitrogen and oxygen atoms in total. The highest BCUT2D eigenvalue weighted by Gasteiger charge is 2.17. The molecule has 1 atom stereocenters. The SMILES string of the molecule is CC/C=C\C/C=C\C/C=C\C/C=C\C/C=C\C/C=C\CCC(=O)OCC(COCC/C=C\C/C=C\C/C=C\C/C=C\C/C=C\CC)OC(=O)CCCCCCCCC. The Labute approximate surface area is 356 Å². The van der Waals surface area contributed by atoms with Crippen molar-refractivity contribution in [3.8, 4) is 0 Å². The van der Waals surface area contributed by atoms with E-state index in [1.165, 1.54) is 25.7 Å². The van der Waals surface area contributed by atoms with Gasteiger partial charge in [0.25, 0.3) is 0 Å². The molecule has 1 unspecified atom stereocenters. The van der Waals surface area contributed by atoms with Gasteiger partial charge < -0.3 is 14.2 Å². The van der Waals surface area contributed by atoms with E-state index in [2.05, 4.69) is 148 Å². The van der Waals surface area contributed by atoms with Crippen molar-refractivity contribution in [1.82, 2.24) is 0 Å². The van der Waals surface area contributed by atoms with Crippen molar-refractivity contribution in [3.63, 3.8) is 0 Å². The lowest BCUT2D eigenvalue weighted by molar-refractivity contribution is -0.162. The van der Waals surface area contributed by atoms with E-state index in [9.17, 15) is 9.59 Å². The molecule has 0 fully saturated rings. The number of hydrogen-bond acceptors (Lipinski definition) is 5. The van der Waals surface area contributed by atoms with Crippen LogP contribution in [0.5, 0.6) is 0 Å². The van der Waals surface area contributed by atoms with E-state index in [4.69, 9.17) is 14.2 Å². The van der Waals surface area contributed by atoms with Crippen molar-refractivity contribution < 1.29 is 23.8 Å². The molecule has 0 saturated heterocycles. The minimum Gasteiger partial charge on any atom is -0.462 e. The van der Waals surface area contributed by atoms with Crippen LogP contribution in [0.15, 0.2) is 134 Å².